The van der Waals surface area contributed by atoms with E-state index in [2.05, 4.69) is 5.32 Å². The number of benzene rings is 2. The highest BCUT2D eigenvalue weighted by Gasteiger charge is 2.26. The molecule has 0 aromatic heterocycles. The van der Waals surface area contributed by atoms with Gasteiger partial charge in [-0.1, -0.05) is 11.6 Å². The third-order valence-corrected chi connectivity index (χ3v) is 3.71. The molecule has 7 heteroatoms. The van der Waals surface area contributed by atoms with E-state index < -0.39 is 12.0 Å². The fraction of sp³-hybridized carbons (Fsp3) is 0.263. The number of carbonyl (C=O) groups is 1. The number of hydrogen-bond donors (Lipinski definition) is 2. The summed E-state index contributed by atoms with van der Waals surface area (Å²) < 4.78 is 10.7. The molecule has 0 radical (unpaired) electrons. The van der Waals surface area contributed by atoms with Crippen molar-refractivity contribution in [3.05, 3.63) is 58.6 Å². The second-order valence-electron chi connectivity index (χ2n) is 5.27. The van der Waals surface area contributed by atoms with Crippen molar-refractivity contribution in [1.82, 2.24) is 0 Å². The van der Waals surface area contributed by atoms with Crippen LogP contribution >= 0.6 is 11.6 Å². The van der Waals surface area contributed by atoms with Crippen molar-refractivity contribution in [3.8, 4) is 11.8 Å². The molecule has 0 aliphatic carbocycles. The smallest absolute Gasteiger partial charge is 0.333 e. The van der Waals surface area contributed by atoms with Gasteiger partial charge in [0.15, 0.2) is 6.04 Å². The summed E-state index contributed by atoms with van der Waals surface area (Å²) in [7, 11) is 0. The van der Waals surface area contributed by atoms with E-state index in [1.807, 2.05) is 6.07 Å². The summed E-state index contributed by atoms with van der Waals surface area (Å²) in [6, 6.07) is 12.8. The topological polar surface area (TPSA) is 91.6 Å². The van der Waals surface area contributed by atoms with Gasteiger partial charge in [0.1, 0.15) is 12.4 Å². The molecule has 1 unspecified atom stereocenters. The molecule has 0 fully saturated rings. The molecule has 0 amide bonds. The maximum Gasteiger partial charge on any atom is 0.333 e. The van der Waals surface area contributed by atoms with E-state index in [9.17, 15) is 4.79 Å². The lowest BCUT2D eigenvalue weighted by Gasteiger charge is -2.21. The van der Waals surface area contributed by atoms with Gasteiger partial charge in [0, 0.05) is 16.3 Å². The first-order valence-corrected chi connectivity index (χ1v) is 8.43. The van der Waals surface area contributed by atoms with E-state index in [4.69, 9.17) is 31.4 Å². The summed E-state index contributed by atoms with van der Waals surface area (Å²) in [4.78, 5) is 12.5. The predicted octanol–water partition coefficient (Wildman–Crippen LogP) is 3.30. The summed E-state index contributed by atoms with van der Waals surface area (Å²) in [6.07, 6.45) is 0. The number of halogens is 1. The maximum atomic E-state index is 12.5. The normalized spacial score (nSPS) is 11.3. The number of anilines is 1. The van der Waals surface area contributed by atoms with Crippen molar-refractivity contribution in [2.75, 3.05) is 25.1 Å². The minimum Gasteiger partial charge on any atom is -0.491 e. The van der Waals surface area contributed by atoms with Crippen LogP contribution in [0, 0.1) is 11.3 Å². The number of nitrogens with one attached hydrogen (secondary N) is 1. The zero-order valence-corrected chi connectivity index (χ0v) is 15.0. The Kier molecular flexibility index (Phi) is 7.27. The third kappa shape index (κ3) is 5.12. The van der Waals surface area contributed by atoms with Gasteiger partial charge < -0.3 is 19.9 Å². The molecule has 1 atom stereocenters. The minimum atomic E-state index is -0.865. The summed E-state index contributed by atoms with van der Waals surface area (Å²) in [6.45, 7) is 1.87. The molecule has 2 rings (SSSR count). The van der Waals surface area contributed by atoms with Crippen molar-refractivity contribution in [1.29, 1.82) is 5.26 Å². The fourth-order valence-electron chi connectivity index (χ4n) is 2.33. The first-order chi connectivity index (χ1) is 12.6. The van der Waals surface area contributed by atoms with Gasteiger partial charge in [-0.3, -0.25) is 0 Å². The highest BCUT2D eigenvalue weighted by molar-refractivity contribution is 6.30. The van der Waals surface area contributed by atoms with Crippen LogP contribution < -0.4 is 10.1 Å². The molecule has 26 heavy (non-hydrogen) atoms. The van der Waals surface area contributed by atoms with E-state index in [1.54, 1.807) is 49.4 Å². The molecule has 0 aliphatic rings. The zero-order valence-electron chi connectivity index (χ0n) is 14.2. The quantitative estimate of drug-likeness (QED) is 0.689. The first-order valence-electron chi connectivity index (χ1n) is 8.05. The molecular weight excluding hydrogens is 356 g/mol. The highest BCUT2D eigenvalue weighted by atomic mass is 35.5. The average molecular weight is 375 g/mol. The highest BCUT2D eigenvalue weighted by Crippen LogP contribution is 2.32. The number of nitriles is 1. The van der Waals surface area contributed by atoms with E-state index in [1.165, 1.54) is 0 Å². The Morgan fingerprint density at radius 3 is 2.65 bits per heavy atom. The van der Waals surface area contributed by atoms with Gasteiger partial charge in [-0.2, -0.15) is 5.26 Å². The molecular formula is C19H19ClN2O4. The van der Waals surface area contributed by atoms with Crippen molar-refractivity contribution >= 4 is 23.3 Å². The molecule has 0 saturated heterocycles. The number of nitrogens with zero attached hydrogens (tertiary/aromatic N) is 1. The number of hydrogen-bond acceptors (Lipinski definition) is 6. The van der Waals surface area contributed by atoms with Gasteiger partial charge in [0.2, 0.25) is 0 Å². The lowest BCUT2D eigenvalue weighted by molar-refractivity contribution is -0.144. The average Bonchev–Trinajstić information content (AvgIpc) is 2.65. The molecule has 136 valence electrons. The van der Waals surface area contributed by atoms with E-state index >= 15 is 0 Å². The van der Waals surface area contributed by atoms with Crippen LogP contribution in [0.2, 0.25) is 5.02 Å². The van der Waals surface area contributed by atoms with Gasteiger partial charge in [-0.25, -0.2) is 4.79 Å². The van der Waals surface area contributed by atoms with Crippen LogP contribution in [0.3, 0.4) is 0 Å². The zero-order chi connectivity index (χ0) is 18.9. The summed E-state index contributed by atoms with van der Waals surface area (Å²) in [5.74, 6) is -0.0735. The molecule has 0 bridgehead atoms. The van der Waals surface area contributed by atoms with Crippen molar-refractivity contribution in [2.45, 2.75) is 13.0 Å². The number of aliphatic hydroxyl groups is 1. The van der Waals surface area contributed by atoms with Crippen molar-refractivity contribution in [3.63, 3.8) is 0 Å². The SMILES string of the molecule is CCOC(=O)C(Nc1ccc(C#N)cc1)c1cc(Cl)ccc1OCCO. The van der Waals surface area contributed by atoms with E-state index in [-0.39, 0.29) is 19.8 Å². The Hall–Kier alpha value is -2.75. The molecule has 2 aromatic rings. The van der Waals surface area contributed by atoms with Crippen LogP contribution in [-0.2, 0) is 9.53 Å². The van der Waals surface area contributed by atoms with Gasteiger partial charge >= 0.3 is 5.97 Å². The number of carbonyl (C=O) groups excluding carboxylic acids is 1. The third-order valence-electron chi connectivity index (χ3n) is 3.48. The van der Waals surface area contributed by atoms with Crippen LogP contribution in [0.1, 0.15) is 24.1 Å². The van der Waals surface area contributed by atoms with Crippen LogP contribution in [-0.4, -0.2) is 30.9 Å². The van der Waals surface area contributed by atoms with Gasteiger partial charge in [0.25, 0.3) is 0 Å². The monoisotopic (exact) mass is 374 g/mol. The Balaban J connectivity index is 2.39. The summed E-state index contributed by atoms with van der Waals surface area (Å²) in [5, 5.41) is 21.4. The Bertz CT molecular complexity index is 787. The van der Waals surface area contributed by atoms with Gasteiger partial charge in [0.05, 0.1) is 24.8 Å². The molecule has 0 spiro atoms. The molecule has 0 saturated carbocycles. The molecule has 2 N–H and O–H groups in total. The molecule has 0 aliphatic heterocycles. The van der Waals surface area contributed by atoms with Crippen molar-refractivity contribution < 1.29 is 19.4 Å². The first kappa shape index (κ1) is 19.6. The van der Waals surface area contributed by atoms with E-state index in [0.29, 0.717) is 27.6 Å². The van der Waals surface area contributed by atoms with Crippen LogP contribution in [0.15, 0.2) is 42.5 Å². The Morgan fingerprint density at radius 1 is 1.31 bits per heavy atom. The maximum absolute atomic E-state index is 12.5. The number of esters is 1. The second kappa shape index (κ2) is 9.66. The fourth-order valence-corrected chi connectivity index (χ4v) is 2.51. The summed E-state index contributed by atoms with van der Waals surface area (Å²) in [5.41, 5.74) is 1.64. The minimum absolute atomic E-state index is 0.0844. The second-order valence-corrected chi connectivity index (χ2v) is 5.71. The number of rotatable bonds is 8. The lowest BCUT2D eigenvalue weighted by Crippen LogP contribution is -2.24. The Morgan fingerprint density at radius 2 is 2.04 bits per heavy atom. The van der Waals surface area contributed by atoms with Crippen LogP contribution in [0.25, 0.3) is 0 Å². The largest absolute Gasteiger partial charge is 0.491 e. The van der Waals surface area contributed by atoms with Crippen molar-refractivity contribution in [2.24, 2.45) is 0 Å². The van der Waals surface area contributed by atoms with Gasteiger partial charge in [-0.15, -0.1) is 0 Å². The molecule has 0 heterocycles. The van der Waals surface area contributed by atoms with E-state index in [0.717, 1.165) is 0 Å². The molecule has 2 aromatic carbocycles. The lowest BCUT2D eigenvalue weighted by atomic mass is 10.0. The Labute approximate surface area is 156 Å². The predicted molar refractivity (Wildman–Crippen MR) is 98.2 cm³/mol. The number of aliphatic hydroxyl groups excluding tert-OH is 1. The molecule has 6 nitrogen and oxygen atoms in total. The number of ether oxygens (including phenoxy) is 2. The van der Waals surface area contributed by atoms with Crippen LogP contribution in [0.5, 0.6) is 5.75 Å². The summed E-state index contributed by atoms with van der Waals surface area (Å²) >= 11 is 6.10. The van der Waals surface area contributed by atoms with Gasteiger partial charge in [-0.05, 0) is 49.4 Å². The standard InChI is InChI=1S/C19H19ClN2O4/c1-2-25-19(24)18(22-15-6-3-13(12-21)4-7-15)16-11-14(20)5-8-17(16)26-10-9-23/h3-8,11,18,22-23H,2,9-10H2,1H3. The van der Waals surface area contributed by atoms with Crippen LogP contribution in [0.4, 0.5) is 5.69 Å².